The zero-order chi connectivity index (χ0) is 18.6. The summed E-state index contributed by atoms with van der Waals surface area (Å²) in [4.78, 5) is 18.9. The van der Waals surface area contributed by atoms with Gasteiger partial charge in [0.25, 0.3) is 0 Å². The molecule has 6 heteroatoms. The van der Waals surface area contributed by atoms with E-state index in [9.17, 15) is 4.79 Å². The molecular weight excluding hydrogens is 394 g/mol. The van der Waals surface area contributed by atoms with Crippen LogP contribution in [-0.2, 0) is 11.2 Å². The van der Waals surface area contributed by atoms with E-state index in [1.54, 1.807) is 34.4 Å². The molecule has 4 rings (SSSR count). The molecule has 0 saturated carbocycles. The molecule has 1 unspecified atom stereocenters. The SMILES string of the molecule is CCOc1ccc(SCC(=O)N2CCc3sccc3C2c2cccs2)cc1. The molecule has 0 bridgehead atoms. The summed E-state index contributed by atoms with van der Waals surface area (Å²) in [6.45, 7) is 3.43. The summed E-state index contributed by atoms with van der Waals surface area (Å²) < 4.78 is 5.48. The molecule has 0 fully saturated rings. The van der Waals surface area contributed by atoms with Gasteiger partial charge in [-0.3, -0.25) is 4.79 Å². The van der Waals surface area contributed by atoms with Crippen molar-refractivity contribution in [2.75, 3.05) is 18.9 Å². The van der Waals surface area contributed by atoms with E-state index in [1.807, 2.05) is 31.2 Å². The second kappa shape index (κ2) is 8.50. The van der Waals surface area contributed by atoms with Gasteiger partial charge < -0.3 is 9.64 Å². The molecule has 1 aromatic carbocycles. The Kier molecular flexibility index (Phi) is 5.86. The van der Waals surface area contributed by atoms with Gasteiger partial charge >= 0.3 is 0 Å². The maximum Gasteiger partial charge on any atom is 0.233 e. The Bertz CT molecular complexity index is 887. The van der Waals surface area contributed by atoms with E-state index in [1.165, 1.54) is 15.3 Å². The minimum Gasteiger partial charge on any atom is -0.494 e. The minimum atomic E-state index is 0.0634. The van der Waals surface area contributed by atoms with Crippen LogP contribution in [0, 0.1) is 0 Å². The van der Waals surface area contributed by atoms with Crippen molar-refractivity contribution >= 4 is 40.3 Å². The fourth-order valence-electron chi connectivity index (χ4n) is 3.37. The Balaban J connectivity index is 1.47. The number of benzene rings is 1. The van der Waals surface area contributed by atoms with Gasteiger partial charge in [0.1, 0.15) is 5.75 Å². The highest BCUT2D eigenvalue weighted by molar-refractivity contribution is 8.00. The fourth-order valence-corrected chi connectivity index (χ4v) is 5.91. The molecule has 140 valence electrons. The lowest BCUT2D eigenvalue weighted by atomic mass is 9.98. The van der Waals surface area contributed by atoms with Crippen molar-refractivity contribution in [3.05, 3.63) is 68.5 Å². The normalized spacial score (nSPS) is 16.2. The van der Waals surface area contributed by atoms with E-state index in [-0.39, 0.29) is 11.9 Å². The molecule has 3 aromatic rings. The van der Waals surface area contributed by atoms with Crippen LogP contribution in [0.25, 0.3) is 0 Å². The van der Waals surface area contributed by atoms with Gasteiger partial charge in [0.05, 0.1) is 18.4 Å². The summed E-state index contributed by atoms with van der Waals surface area (Å²) >= 11 is 5.12. The zero-order valence-electron chi connectivity index (χ0n) is 15.1. The van der Waals surface area contributed by atoms with Gasteiger partial charge in [-0.25, -0.2) is 0 Å². The lowest BCUT2D eigenvalue weighted by Gasteiger charge is -2.35. The summed E-state index contributed by atoms with van der Waals surface area (Å²) in [5.74, 6) is 1.52. The fraction of sp³-hybridized carbons (Fsp3) is 0.286. The number of amides is 1. The second-order valence-electron chi connectivity index (χ2n) is 6.25. The van der Waals surface area contributed by atoms with Crippen LogP contribution in [0.4, 0.5) is 0 Å². The second-order valence-corrected chi connectivity index (χ2v) is 9.28. The lowest BCUT2D eigenvalue weighted by molar-refractivity contribution is -0.130. The Hall–Kier alpha value is -1.76. The van der Waals surface area contributed by atoms with Gasteiger partial charge in [0.2, 0.25) is 5.91 Å². The Morgan fingerprint density at radius 2 is 2.04 bits per heavy atom. The zero-order valence-corrected chi connectivity index (χ0v) is 17.5. The van der Waals surface area contributed by atoms with Crippen LogP contribution in [0.15, 0.2) is 58.1 Å². The van der Waals surface area contributed by atoms with Crippen LogP contribution in [0.2, 0.25) is 0 Å². The number of hydrogen-bond donors (Lipinski definition) is 0. The minimum absolute atomic E-state index is 0.0634. The summed E-state index contributed by atoms with van der Waals surface area (Å²) in [6.07, 6.45) is 0.953. The molecule has 2 aromatic heterocycles. The van der Waals surface area contributed by atoms with Gasteiger partial charge in [-0.1, -0.05) is 6.07 Å². The first kappa shape index (κ1) is 18.6. The van der Waals surface area contributed by atoms with Crippen molar-refractivity contribution in [2.45, 2.75) is 24.3 Å². The van der Waals surface area contributed by atoms with Gasteiger partial charge in [0.15, 0.2) is 0 Å². The number of hydrogen-bond acceptors (Lipinski definition) is 5. The summed E-state index contributed by atoms with van der Waals surface area (Å²) in [7, 11) is 0. The van der Waals surface area contributed by atoms with Crippen molar-refractivity contribution in [1.29, 1.82) is 0 Å². The van der Waals surface area contributed by atoms with E-state index in [0.29, 0.717) is 12.4 Å². The smallest absolute Gasteiger partial charge is 0.233 e. The van der Waals surface area contributed by atoms with Crippen LogP contribution in [-0.4, -0.2) is 29.7 Å². The van der Waals surface area contributed by atoms with Crippen molar-refractivity contribution in [2.24, 2.45) is 0 Å². The molecule has 1 amide bonds. The van der Waals surface area contributed by atoms with Crippen molar-refractivity contribution in [1.82, 2.24) is 4.90 Å². The Morgan fingerprint density at radius 1 is 1.19 bits per heavy atom. The number of fused-ring (bicyclic) bond motifs is 1. The number of thioether (sulfide) groups is 1. The molecular formula is C21H21NO2S3. The molecule has 0 spiro atoms. The predicted octanol–water partition coefficient (Wildman–Crippen LogP) is 5.47. The van der Waals surface area contributed by atoms with Crippen molar-refractivity contribution in [3.63, 3.8) is 0 Å². The number of rotatable bonds is 6. The highest BCUT2D eigenvalue weighted by Gasteiger charge is 2.33. The van der Waals surface area contributed by atoms with E-state index in [2.05, 4.69) is 33.9 Å². The maximum atomic E-state index is 13.1. The highest BCUT2D eigenvalue weighted by Crippen LogP contribution is 2.39. The molecule has 27 heavy (non-hydrogen) atoms. The molecule has 1 aliphatic rings. The third-order valence-electron chi connectivity index (χ3n) is 4.60. The lowest BCUT2D eigenvalue weighted by Crippen LogP contribution is -2.40. The average Bonchev–Trinajstić information content (AvgIpc) is 3.38. The standard InChI is InChI=1S/C21H21NO2S3/c1-2-24-15-5-7-16(8-6-15)27-14-20(23)22-11-9-18-17(10-13-26-18)21(22)19-4-3-12-25-19/h3-8,10,12-13,21H,2,9,11,14H2,1H3. The molecule has 1 atom stereocenters. The Morgan fingerprint density at radius 3 is 2.78 bits per heavy atom. The first-order valence-electron chi connectivity index (χ1n) is 9.01. The number of ether oxygens (including phenoxy) is 1. The van der Waals surface area contributed by atoms with Crippen LogP contribution in [0.5, 0.6) is 5.75 Å². The molecule has 0 saturated heterocycles. The maximum absolute atomic E-state index is 13.1. The molecule has 0 N–H and O–H groups in total. The van der Waals surface area contributed by atoms with Crippen LogP contribution in [0.3, 0.4) is 0 Å². The number of thiophene rings is 2. The predicted molar refractivity (Wildman–Crippen MR) is 114 cm³/mol. The largest absolute Gasteiger partial charge is 0.494 e. The van der Waals surface area contributed by atoms with Gasteiger partial charge in [0, 0.05) is 21.2 Å². The van der Waals surface area contributed by atoms with E-state index in [4.69, 9.17) is 4.74 Å². The molecule has 0 radical (unpaired) electrons. The van der Waals surface area contributed by atoms with Gasteiger partial charge in [-0.2, -0.15) is 0 Å². The highest BCUT2D eigenvalue weighted by atomic mass is 32.2. The number of nitrogens with zero attached hydrogens (tertiary/aromatic N) is 1. The van der Waals surface area contributed by atoms with E-state index >= 15 is 0 Å². The van der Waals surface area contributed by atoms with Gasteiger partial charge in [-0.15, -0.1) is 34.4 Å². The number of carbonyl (C=O) groups excluding carboxylic acids is 1. The topological polar surface area (TPSA) is 29.5 Å². The molecule has 3 nitrogen and oxygen atoms in total. The summed E-state index contributed by atoms with van der Waals surface area (Å²) in [5.41, 5.74) is 1.30. The van der Waals surface area contributed by atoms with Gasteiger partial charge in [-0.05, 0) is 66.1 Å². The van der Waals surface area contributed by atoms with Crippen molar-refractivity contribution in [3.8, 4) is 5.75 Å². The third kappa shape index (κ3) is 4.08. The summed E-state index contributed by atoms with van der Waals surface area (Å²) in [6, 6.07) is 14.4. The summed E-state index contributed by atoms with van der Waals surface area (Å²) in [5, 5.41) is 4.24. The molecule has 1 aliphatic heterocycles. The van der Waals surface area contributed by atoms with Crippen LogP contribution < -0.4 is 4.74 Å². The average molecular weight is 416 g/mol. The first-order chi connectivity index (χ1) is 13.3. The Labute approximate surface area is 172 Å². The molecule has 0 aliphatic carbocycles. The number of carbonyl (C=O) groups is 1. The van der Waals surface area contributed by atoms with E-state index < -0.39 is 0 Å². The van der Waals surface area contributed by atoms with Crippen LogP contribution >= 0.6 is 34.4 Å². The third-order valence-corrected chi connectivity index (χ3v) is 7.51. The quantitative estimate of drug-likeness (QED) is 0.500. The monoisotopic (exact) mass is 415 g/mol. The molecule has 3 heterocycles. The van der Waals surface area contributed by atoms with Crippen LogP contribution in [0.1, 0.15) is 28.3 Å². The van der Waals surface area contributed by atoms with E-state index in [0.717, 1.165) is 23.6 Å². The first-order valence-corrected chi connectivity index (χ1v) is 11.8. The van der Waals surface area contributed by atoms with Crippen molar-refractivity contribution < 1.29 is 9.53 Å².